The first-order valence-corrected chi connectivity index (χ1v) is 6.37. The van der Waals surface area contributed by atoms with Crippen molar-refractivity contribution >= 4 is 11.6 Å². The molecule has 0 aromatic carbocycles. The first-order chi connectivity index (χ1) is 9.20. The number of hydrogen-bond donors (Lipinski definition) is 2. The lowest BCUT2D eigenvalue weighted by molar-refractivity contribution is -0.385. The highest BCUT2D eigenvalue weighted by Gasteiger charge is 2.30. The fourth-order valence-corrected chi connectivity index (χ4v) is 1.78. The highest BCUT2D eigenvalue weighted by Crippen LogP contribution is 2.20. The molecule has 8 nitrogen and oxygen atoms in total. The number of amides is 1. The first kappa shape index (κ1) is 16.1. The van der Waals surface area contributed by atoms with Crippen molar-refractivity contribution in [3.8, 4) is 0 Å². The maximum absolute atomic E-state index is 12.0. The van der Waals surface area contributed by atoms with Crippen LogP contribution < -0.4 is 5.32 Å². The third-order valence-electron chi connectivity index (χ3n) is 3.61. The third kappa shape index (κ3) is 3.32. The van der Waals surface area contributed by atoms with Gasteiger partial charge in [-0.1, -0.05) is 20.3 Å². The third-order valence-corrected chi connectivity index (χ3v) is 3.61. The molecule has 2 N–H and O–H groups in total. The molecule has 0 aliphatic rings. The van der Waals surface area contributed by atoms with E-state index >= 15 is 0 Å². The van der Waals surface area contributed by atoms with Crippen molar-refractivity contribution in [1.29, 1.82) is 0 Å². The minimum atomic E-state index is -1.07. The summed E-state index contributed by atoms with van der Waals surface area (Å²) in [6.45, 7) is 5.45. The highest BCUT2D eigenvalue weighted by atomic mass is 16.6. The standard InChI is InChI=1S/C12H20N4O4/c1-5-8(2)12(3,18)7-13-11(17)10-9(16(19)20)6-14-15(10)4/h6,8,18H,5,7H2,1-4H3,(H,13,17). The smallest absolute Gasteiger partial charge is 0.320 e. The molecular formula is C12H20N4O4. The number of aliphatic hydroxyl groups is 1. The summed E-state index contributed by atoms with van der Waals surface area (Å²) >= 11 is 0. The Hall–Kier alpha value is -1.96. The minimum absolute atomic E-state index is 0.00989. The fraction of sp³-hybridized carbons (Fsp3) is 0.667. The van der Waals surface area contributed by atoms with E-state index in [2.05, 4.69) is 10.4 Å². The van der Waals surface area contributed by atoms with Crippen LogP contribution in [0.15, 0.2) is 6.20 Å². The molecule has 0 aliphatic carbocycles. The van der Waals surface area contributed by atoms with Crippen molar-refractivity contribution < 1.29 is 14.8 Å². The van der Waals surface area contributed by atoms with Crippen LogP contribution in [-0.4, -0.2) is 37.9 Å². The molecule has 2 unspecified atom stereocenters. The topological polar surface area (TPSA) is 110 Å². The molecule has 0 saturated carbocycles. The van der Waals surface area contributed by atoms with Gasteiger partial charge in [0.05, 0.1) is 10.5 Å². The fourth-order valence-electron chi connectivity index (χ4n) is 1.78. The number of carbonyl (C=O) groups is 1. The average molecular weight is 284 g/mol. The van der Waals surface area contributed by atoms with Crippen LogP contribution in [0.3, 0.4) is 0 Å². The zero-order valence-electron chi connectivity index (χ0n) is 12.1. The monoisotopic (exact) mass is 284 g/mol. The normalized spacial score (nSPS) is 15.4. The Balaban J connectivity index is 2.83. The van der Waals surface area contributed by atoms with Crippen LogP contribution in [0.5, 0.6) is 0 Å². The van der Waals surface area contributed by atoms with Gasteiger partial charge in [0.1, 0.15) is 6.20 Å². The van der Waals surface area contributed by atoms with Gasteiger partial charge in [-0.05, 0) is 12.8 Å². The van der Waals surface area contributed by atoms with Gasteiger partial charge in [0, 0.05) is 13.6 Å². The Bertz CT molecular complexity index is 510. The summed E-state index contributed by atoms with van der Waals surface area (Å²) in [5.41, 5.74) is -1.55. The first-order valence-electron chi connectivity index (χ1n) is 6.37. The number of rotatable bonds is 6. The number of hydrogen-bond acceptors (Lipinski definition) is 5. The number of aromatic nitrogens is 2. The van der Waals surface area contributed by atoms with E-state index < -0.39 is 16.4 Å². The van der Waals surface area contributed by atoms with Gasteiger partial charge in [-0.3, -0.25) is 19.6 Å². The largest absolute Gasteiger partial charge is 0.388 e. The van der Waals surface area contributed by atoms with E-state index in [1.165, 1.54) is 7.05 Å². The minimum Gasteiger partial charge on any atom is -0.388 e. The summed E-state index contributed by atoms with van der Waals surface area (Å²) in [6.07, 6.45) is 1.79. The molecule has 0 radical (unpaired) electrons. The molecule has 8 heteroatoms. The average Bonchev–Trinajstić information content (AvgIpc) is 2.77. The Labute approximate surface area is 116 Å². The van der Waals surface area contributed by atoms with Crippen LogP contribution in [0.1, 0.15) is 37.7 Å². The SMILES string of the molecule is CCC(C)C(C)(O)CNC(=O)c1c([N+](=O)[O-])cnn1C. The van der Waals surface area contributed by atoms with E-state index in [1.807, 2.05) is 13.8 Å². The molecule has 1 amide bonds. The van der Waals surface area contributed by atoms with Gasteiger partial charge in [0.25, 0.3) is 5.91 Å². The van der Waals surface area contributed by atoms with Gasteiger partial charge in [-0.25, -0.2) is 0 Å². The van der Waals surface area contributed by atoms with Crippen LogP contribution in [0, 0.1) is 16.0 Å². The molecule has 1 heterocycles. The van der Waals surface area contributed by atoms with Crippen LogP contribution in [-0.2, 0) is 7.05 Å². The maximum Gasteiger partial charge on any atom is 0.320 e. The quantitative estimate of drug-likeness (QED) is 0.594. The van der Waals surface area contributed by atoms with E-state index in [0.717, 1.165) is 17.3 Å². The molecule has 0 aliphatic heterocycles. The molecule has 1 aromatic heterocycles. The van der Waals surface area contributed by atoms with Crippen LogP contribution >= 0.6 is 0 Å². The van der Waals surface area contributed by atoms with Crippen molar-refractivity contribution in [2.75, 3.05) is 6.54 Å². The summed E-state index contributed by atoms with van der Waals surface area (Å²) in [7, 11) is 1.45. The zero-order valence-corrected chi connectivity index (χ0v) is 12.1. The van der Waals surface area contributed by atoms with Gasteiger partial charge in [0.15, 0.2) is 0 Å². The lowest BCUT2D eigenvalue weighted by atomic mass is 9.88. The number of nitro groups is 1. The molecular weight excluding hydrogens is 264 g/mol. The summed E-state index contributed by atoms with van der Waals surface area (Å²) in [6, 6.07) is 0. The number of aryl methyl sites for hydroxylation is 1. The van der Waals surface area contributed by atoms with Crippen molar-refractivity contribution in [2.24, 2.45) is 13.0 Å². The molecule has 20 heavy (non-hydrogen) atoms. The van der Waals surface area contributed by atoms with Crippen molar-refractivity contribution in [2.45, 2.75) is 32.8 Å². The van der Waals surface area contributed by atoms with Gasteiger partial charge in [-0.15, -0.1) is 0 Å². The molecule has 2 atom stereocenters. The van der Waals surface area contributed by atoms with Crippen molar-refractivity contribution in [3.63, 3.8) is 0 Å². The molecule has 0 spiro atoms. The zero-order chi connectivity index (χ0) is 15.5. The molecule has 1 aromatic rings. The lowest BCUT2D eigenvalue weighted by Crippen LogP contribution is -2.45. The van der Waals surface area contributed by atoms with E-state index in [-0.39, 0.29) is 23.8 Å². The van der Waals surface area contributed by atoms with Crippen molar-refractivity contribution in [3.05, 3.63) is 22.0 Å². The second-order valence-electron chi connectivity index (χ2n) is 5.11. The molecule has 0 saturated heterocycles. The summed E-state index contributed by atoms with van der Waals surface area (Å²) in [5.74, 6) is -0.635. The van der Waals surface area contributed by atoms with E-state index in [1.54, 1.807) is 6.92 Å². The van der Waals surface area contributed by atoms with E-state index in [4.69, 9.17) is 0 Å². The predicted molar refractivity (Wildman–Crippen MR) is 72.3 cm³/mol. The van der Waals surface area contributed by atoms with E-state index in [0.29, 0.717) is 0 Å². The molecule has 0 fully saturated rings. The van der Waals surface area contributed by atoms with Gasteiger partial charge < -0.3 is 10.4 Å². The Morgan fingerprint density at radius 3 is 2.80 bits per heavy atom. The maximum atomic E-state index is 12.0. The Morgan fingerprint density at radius 1 is 1.70 bits per heavy atom. The van der Waals surface area contributed by atoms with Crippen molar-refractivity contribution in [1.82, 2.24) is 15.1 Å². The summed E-state index contributed by atoms with van der Waals surface area (Å²) in [5, 5.41) is 27.3. The van der Waals surface area contributed by atoms with Crippen LogP contribution in [0.4, 0.5) is 5.69 Å². The second-order valence-corrected chi connectivity index (χ2v) is 5.11. The Morgan fingerprint density at radius 2 is 2.30 bits per heavy atom. The van der Waals surface area contributed by atoms with Gasteiger partial charge in [0.2, 0.25) is 5.69 Å². The predicted octanol–water partition coefficient (Wildman–Crippen LogP) is 0.855. The molecule has 0 bridgehead atoms. The van der Waals surface area contributed by atoms with Crippen LogP contribution in [0.2, 0.25) is 0 Å². The summed E-state index contributed by atoms with van der Waals surface area (Å²) < 4.78 is 1.14. The summed E-state index contributed by atoms with van der Waals surface area (Å²) in [4.78, 5) is 22.2. The lowest BCUT2D eigenvalue weighted by Gasteiger charge is -2.29. The number of carbonyl (C=O) groups excluding carboxylic acids is 1. The second kappa shape index (κ2) is 6.00. The van der Waals surface area contributed by atoms with Gasteiger partial charge >= 0.3 is 5.69 Å². The van der Waals surface area contributed by atoms with Gasteiger partial charge in [-0.2, -0.15) is 5.10 Å². The highest BCUT2D eigenvalue weighted by molar-refractivity contribution is 5.96. The number of nitrogens with one attached hydrogen (secondary N) is 1. The molecule has 112 valence electrons. The Kier molecular flexibility index (Phi) is 4.83. The van der Waals surface area contributed by atoms with E-state index in [9.17, 15) is 20.0 Å². The molecule has 1 rings (SSSR count). The van der Waals surface area contributed by atoms with Crippen LogP contribution in [0.25, 0.3) is 0 Å². The number of nitrogens with zero attached hydrogens (tertiary/aromatic N) is 3.